The van der Waals surface area contributed by atoms with Crippen LogP contribution in [0, 0.1) is 12.3 Å². The summed E-state index contributed by atoms with van der Waals surface area (Å²) in [5, 5.41) is 2.54. The summed E-state index contributed by atoms with van der Waals surface area (Å²) in [5.41, 5.74) is 6.31. The molecule has 3 rings (SSSR count). The summed E-state index contributed by atoms with van der Waals surface area (Å²) in [6.45, 7) is 6.07. The standard InChI is InChI=1S/C15H19N3O2S/c1-10-3-4-12(20-10)13-17-11(7-21-13)14(19)18-6-5-15(2,8-16)9-18/h3-4,7H,5-6,8-9,16H2,1-2H3. The largest absolute Gasteiger partial charge is 0.459 e. The van der Waals surface area contributed by atoms with Crippen LogP contribution in [0.2, 0.25) is 0 Å². The van der Waals surface area contributed by atoms with E-state index < -0.39 is 0 Å². The number of hydrogen-bond acceptors (Lipinski definition) is 5. The van der Waals surface area contributed by atoms with Gasteiger partial charge in [0.05, 0.1) is 0 Å². The lowest BCUT2D eigenvalue weighted by Crippen LogP contribution is -2.34. The zero-order chi connectivity index (χ0) is 15.0. The summed E-state index contributed by atoms with van der Waals surface area (Å²) in [6, 6.07) is 3.77. The number of amides is 1. The van der Waals surface area contributed by atoms with Crippen LogP contribution in [0.1, 0.15) is 29.6 Å². The van der Waals surface area contributed by atoms with Crippen molar-refractivity contribution in [3.05, 3.63) is 29.0 Å². The normalized spacial score (nSPS) is 22.0. The molecule has 112 valence electrons. The Hall–Kier alpha value is -1.66. The topological polar surface area (TPSA) is 72.4 Å². The molecule has 1 unspecified atom stereocenters. The van der Waals surface area contributed by atoms with Gasteiger partial charge in [0.25, 0.3) is 5.91 Å². The van der Waals surface area contributed by atoms with Gasteiger partial charge in [-0.15, -0.1) is 11.3 Å². The van der Waals surface area contributed by atoms with Crippen LogP contribution < -0.4 is 5.73 Å². The second kappa shape index (κ2) is 5.27. The van der Waals surface area contributed by atoms with E-state index >= 15 is 0 Å². The third kappa shape index (κ3) is 2.73. The minimum Gasteiger partial charge on any atom is -0.459 e. The lowest BCUT2D eigenvalue weighted by atomic mass is 9.90. The first-order chi connectivity index (χ1) is 10.0. The third-order valence-electron chi connectivity index (χ3n) is 4.01. The molecular formula is C15H19N3O2S. The van der Waals surface area contributed by atoms with Crippen molar-refractivity contribution in [3.8, 4) is 10.8 Å². The van der Waals surface area contributed by atoms with Gasteiger partial charge in [-0.05, 0) is 37.4 Å². The highest BCUT2D eigenvalue weighted by atomic mass is 32.1. The SMILES string of the molecule is Cc1ccc(-c2nc(C(=O)N3CCC(C)(CN)C3)cs2)o1. The van der Waals surface area contributed by atoms with Crippen molar-refractivity contribution in [1.82, 2.24) is 9.88 Å². The first kappa shape index (κ1) is 14.3. The number of carbonyl (C=O) groups is 1. The number of hydrogen-bond donors (Lipinski definition) is 1. The molecular weight excluding hydrogens is 286 g/mol. The Balaban J connectivity index is 1.76. The third-order valence-corrected chi connectivity index (χ3v) is 4.87. The van der Waals surface area contributed by atoms with Gasteiger partial charge in [0.15, 0.2) is 10.8 Å². The van der Waals surface area contributed by atoms with Crippen LogP contribution >= 0.6 is 11.3 Å². The van der Waals surface area contributed by atoms with Crippen LogP contribution in [0.15, 0.2) is 21.9 Å². The van der Waals surface area contributed by atoms with Crippen LogP contribution in [-0.4, -0.2) is 35.4 Å². The smallest absolute Gasteiger partial charge is 0.273 e. The van der Waals surface area contributed by atoms with E-state index in [-0.39, 0.29) is 11.3 Å². The van der Waals surface area contributed by atoms with Crippen LogP contribution in [0.5, 0.6) is 0 Å². The maximum absolute atomic E-state index is 12.5. The molecule has 1 aliphatic rings. The minimum atomic E-state index is -0.0158. The highest BCUT2D eigenvalue weighted by molar-refractivity contribution is 7.13. The van der Waals surface area contributed by atoms with E-state index in [1.165, 1.54) is 11.3 Å². The molecule has 0 aliphatic carbocycles. The second-order valence-electron chi connectivity index (χ2n) is 5.94. The number of nitrogens with zero attached hydrogens (tertiary/aromatic N) is 2. The Bertz CT molecular complexity index is 663. The molecule has 1 fully saturated rings. The number of nitrogens with two attached hydrogens (primary N) is 1. The summed E-state index contributed by atoms with van der Waals surface area (Å²) < 4.78 is 5.55. The van der Waals surface area contributed by atoms with Gasteiger partial charge in [-0.1, -0.05) is 6.92 Å². The minimum absolute atomic E-state index is 0.0158. The van der Waals surface area contributed by atoms with E-state index in [1.54, 1.807) is 5.38 Å². The molecule has 1 aliphatic heterocycles. The molecule has 2 N–H and O–H groups in total. The maximum atomic E-state index is 12.5. The van der Waals surface area contributed by atoms with Crippen molar-refractivity contribution >= 4 is 17.2 Å². The number of likely N-dealkylation sites (tertiary alicyclic amines) is 1. The van der Waals surface area contributed by atoms with Gasteiger partial charge in [0, 0.05) is 18.5 Å². The van der Waals surface area contributed by atoms with Crippen LogP contribution in [-0.2, 0) is 0 Å². The summed E-state index contributed by atoms with van der Waals surface area (Å²) in [5.74, 6) is 1.54. The van der Waals surface area contributed by atoms with Gasteiger partial charge in [-0.25, -0.2) is 4.98 Å². The van der Waals surface area contributed by atoms with Crippen molar-refractivity contribution in [2.75, 3.05) is 19.6 Å². The number of thiazole rings is 1. The number of furan rings is 1. The Morgan fingerprint density at radius 3 is 3.00 bits per heavy atom. The number of rotatable bonds is 3. The summed E-state index contributed by atoms with van der Waals surface area (Å²) in [7, 11) is 0. The van der Waals surface area contributed by atoms with Gasteiger partial charge in [-0.2, -0.15) is 0 Å². The molecule has 1 saturated heterocycles. The predicted octanol–water partition coefficient (Wildman–Crippen LogP) is 2.52. The molecule has 0 radical (unpaired) electrons. The first-order valence-corrected chi connectivity index (χ1v) is 7.90. The van der Waals surface area contributed by atoms with Gasteiger partial charge in [-0.3, -0.25) is 4.79 Å². The second-order valence-corrected chi connectivity index (χ2v) is 6.80. The van der Waals surface area contributed by atoms with E-state index in [2.05, 4.69) is 11.9 Å². The number of carbonyl (C=O) groups excluding carboxylic acids is 1. The fourth-order valence-electron chi connectivity index (χ4n) is 2.56. The molecule has 0 saturated carbocycles. The van der Waals surface area contributed by atoms with Gasteiger partial charge in [0.1, 0.15) is 11.5 Å². The van der Waals surface area contributed by atoms with E-state index in [9.17, 15) is 4.79 Å². The molecule has 2 aromatic rings. The molecule has 2 aromatic heterocycles. The van der Waals surface area contributed by atoms with E-state index in [0.29, 0.717) is 24.5 Å². The van der Waals surface area contributed by atoms with E-state index in [1.807, 2.05) is 24.0 Å². The molecule has 6 heteroatoms. The summed E-state index contributed by atoms with van der Waals surface area (Å²) >= 11 is 1.43. The highest BCUT2D eigenvalue weighted by Crippen LogP contribution is 2.31. The molecule has 21 heavy (non-hydrogen) atoms. The lowest BCUT2D eigenvalue weighted by Gasteiger charge is -2.22. The van der Waals surface area contributed by atoms with Crippen molar-refractivity contribution in [1.29, 1.82) is 0 Å². The molecule has 0 spiro atoms. The molecule has 3 heterocycles. The zero-order valence-electron chi connectivity index (χ0n) is 12.3. The van der Waals surface area contributed by atoms with Crippen LogP contribution in [0.25, 0.3) is 10.8 Å². The van der Waals surface area contributed by atoms with E-state index in [0.717, 1.165) is 23.7 Å². The van der Waals surface area contributed by atoms with Gasteiger partial charge < -0.3 is 15.1 Å². The predicted molar refractivity (Wildman–Crippen MR) is 82.2 cm³/mol. The van der Waals surface area contributed by atoms with Crippen molar-refractivity contribution in [2.24, 2.45) is 11.1 Å². The Kier molecular flexibility index (Phi) is 3.59. The fourth-order valence-corrected chi connectivity index (χ4v) is 3.31. The summed E-state index contributed by atoms with van der Waals surface area (Å²) in [4.78, 5) is 18.8. The first-order valence-electron chi connectivity index (χ1n) is 7.02. The average molecular weight is 305 g/mol. The molecule has 1 atom stereocenters. The zero-order valence-corrected chi connectivity index (χ0v) is 13.1. The molecule has 0 bridgehead atoms. The van der Waals surface area contributed by atoms with Gasteiger partial charge >= 0.3 is 0 Å². The quantitative estimate of drug-likeness (QED) is 0.945. The fraction of sp³-hybridized carbons (Fsp3) is 0.467. The van der Waals surface area contributed by atoms with Crippen molar-refractivity contribution in [3.63, 3.8) is 0 Å². The number of aromatic nitrogens is 1. The Morgan fingerprint density at radius 2 is 2.38 bits per heavy atom. The van der Waals surface area contributed by atoms with Crippen molar-refractivity contribution < 1.29 is 9.21 Å². The molecule has 5 nitrogen and oxygen atoms in total. The highest BCUT2D eigenvalue weighted by Gasteiger charge is 2.35. The number of aryl methyl sites for hydroxylation is 1. The van der Waals surface area contributed by atoms with Crippen LogP contribution in [0.4, 0.5) is 0 Å². The average Bonchev–Trinajstić information content (AvgIpc) is 3.17. The summed E-state index contributed by atoms with van der Waals surface area (Å²) in [6.07, 6.45) is 0.948. The van der Waals surface area contributed by atoms with Crippen LogP contribution in [0.3, 0.4) is 0 Å². The molecule has 0 aromatic carbocycles. The maximum Gasteiger partial charge on any atom is 0.273 e. The monoisotopic (exact) mass is 305 g/mol. The van der Waals surface area contributed by atoms with Crippen molar-refractivity contribution in [2.45, 2.75) is 20.3 Å². The lowest BCUT2D eigenvalue weighted by molar-refractivity contribution is 0.0772. The Labute approximate surface area is 127 Å². The van der Waals surface area contributed by atoms with Gasteiger partial charge in [0.2, 0.25) is 0 Å². The Morgan fingerprint density at radius 1 is 1.57 bits per heavy atom. The van der Waals surface area contributed by atoms with E-state index in [4.69, 9.17) is 10.2 Å². The molecule has 1 amide bonds.